The van der Waals surface area contributed by atoms with Crippen molar-refractivity contribution >= 4 is 23.7 Å². The summed E-state index contributed by atoms with van der Waals surface area (Å²) in [4.78, 5) is 12.2. The molecule has 0 spiro atoms. The highest BCUT2D eigenvalue weighted by Crippen LogP contribution is 2.52. The minimum absolute atomic E-state index is 0.0618. The van der Waals surface area contributed by atoms with Gasteiger partial charge < -0.3 is 18.9 Å². The van der Waals surface area contributed by atoms with E-state index in [1.807, 2.05) is 37.3 Å². The average Bonchev–Trinajstić information content (AvgIpc) is 3.17. The molecule has 0 saturated carbocycles. The molecule has 1 aliphatic rings. The molecule has 1 atom stereocenters. The predicted octanol–water partition coefficient (Wildman–Crippen LogP) is 3.30. The van der Waals surface area contributed by atoms with Crippen LogP contribution in [0.1, 0.15) is 23.6 Å². The topological polar surface area (TPSA) is 78.4 Å². The summed E-state index contributed by atoms with van der Waals surface area (Å²) in [5.74, 6) is 1.65. The number of halogens is 1. The smallest absolute Gasteiger partial charge is 0.244 e. The maximum atomic E-state index is 12.2. The average molecular weight is 419 g/mol. The van der Waals surface area contributed by atoms with Crippen molar-refractivity contribution in [1.82, 2.24) is 5.43 Å². The second-order valence-corrected chi connectivity index (χ2v) is 7.21. The zero-order valence-electron chi connectivity index (χ0n) is 16.5. The molecule has 0 saturated heterocycles. The van der Waals surface area contributed by atoms with E-state index < -0.39 is 0 Å². The third-order valence-electron chi connectivity index (χ3n) is 4.35. The quantitative estimate of drug-likeness (QED) is 0.404. The van der Waals surface area contributed by atoms with E-state index >= 15 is 0 Å². The Balaban J connectivity index is 1.90. The Morgan fingerprint density at radius 3 is 2.48 bits per heavy atom. The maximum Gasteiger partial charge on any atom is 0.244 e. The first kappa shape index (κ1) is 20.8. The van der Waals surface area contributed by atoms with Crippen LogP contribution in [-0.2, 0) is 17.6 Å². The van der Waals surface area contributed by atoms with Crippen LogP contribution in [0.4, 0.5) is 0 Å². The summed E-state index contributed by atoms with van der Waals surface area (Å²) in [5, 5.41) is 3.94. The Hall–Kier alpha value is -2.93. The fourth-order valence-electron chi connectivity index (χ4n) is 3.16. The summed E-state index contributed by atoms with van der Waals surface area (Å²) < 4.78 is 22.2. The van der Waals surface area contributed by atoms with Gasteiger partial charge in [-0.3, -0.25) is 4.79 Å². The van der Waals surface area contributed by atoms with E-state index in [0.717, 1.165) is 11.1 Å². The predicted molar refractivity (Wildman–Crippen MR) is 111 cm³/mol. The molecule has 1 amide bonds. The Bertz CT molecular complexity index is 900. The maximum absolute atomic E-state index is 12.2. The van der Waals surface area contributed by atoms with E-state index in [2.05, 4.69) is 10.5 Å². The van der Waals surface area contributed by atoms with Gasteiger partial charge in [-0.1, -0.05) is 30.3 Å². The van der Waals surface area contributed by atoms with E-state index in [1.54, 1.807) is 7.11 Å². The fourth-order valence-corrected chi connectivity index (χ4v) is 3.32. The number of hydrazone groups is 1. The van der Waals surface area contributed by atoms with Crippen molar-refractivity contribution in [2.45, 2.75) is 25.1 Å². The number of benzene rings is 2. The lowest BCUT2D eigenvalue weighted by atomic mass is 9.99. The Morgan fingerprint density at radius 2 is 1.86 bits per heavy atom. The van der Waals surface area contributed by atoms with Crippen molar-refractivity contribution < 1.29 is 23.7 Å². The van der Waals surface area contributed by atoms with Crippen LogP contribution in [0, 0.1) is 0 Å². The third-order valence-corrected chi connectivity index (χ3v) is 4.51. The molecule has 0 aliphatic carbocycles. The highest BCUT2D eigenvalue weighted by atomic mass is 35.5. The number of nitrogens with zero attached hydrogens (tertiary/aromatic N) is 1. The lowest BCUT2D eigenvalue weighted by Crippen LogP contribution is -2.20. The minimum atomic E-state index is -0.230. The molecule has 1 heterocycles. The summed E-state index contributed by atoms with van der Waals surface area (Å²) >= 11 is 6.25. The molecule has 154 valence electrons. The van der Waals surface area contributed by atoms with Crippen molar-refractivity contribution in [2.24, 2.45) is 5.10 Å². The normalized spacial score (nSPS) is 13.4. The summed E-state index contributed by atoms with van der Waals surface area (Å²) in [6, 6.07) is 9.44. The van der Waals surface area contributed by atoms with Crippen molar-refractivity contribution in [2.75, 3.05) is 21.0 Å². The van der Waals surface area contributed by atoms with E-state index in [-0.39, 0.29) is 24.5 Å². The number of hydrogen-bond acceptors (Lipinski definition) is 6. The van der Waals surface area contributed by atoms with Gasteiger partial charge in [0, 0.05) is 16.5 Å². The standard InChI is InChI=1S/C21H23ClN2O5/c1-13(22)9-15-16(11-23-24-17(25)10-14-7-5-4-6-8-14)19(27-3)21-20(18(15)26-2)28-12-29-21/h4-8,11,13H,9-10,12H2,1-3H3,(H,24,25)/b23-11+. The number of nitrogens with one attached hydrogen (secondary N) is 1. The van der Waals surface area contributed by atoms with Gasteiger partial charge in [0.2, 0.25) is 24.2 Å². The number of amides is 1. The van der Waals surface area contributed by atoms with E-state index in [9.17, 15) is 4.79 Å². The number of fused-ring (bicyclic) bond motifs is 1. The first-order chi connectivity index (χ1) is 14.0. The zero-order chi connectivity index (χ0) is 20.8. The van der Waals surface area contributed by atoms with Crippen LogP contribution in [0.25, 0.3) is 0 Å². The van der Waals surface area contributed by atoms with Gasteiger partial charge in [-0.2, -0.15) is 5.10 Å². The van der Waals surface area contributed by atoms with Gasteiger partial charge in [0.1, 0.15) is 0 Å². The second-order valence-electron chi connectivity index (χ2n) is 6.46. The molecule has 8 heteroatoms. The summed E-state index contributed by atoms with van der Waals surface area (Å²) in [5.41, 5.74) is 4.82. The van der Waals surface area contributed by atoms with Crippen LogP contribution >= 0.6 is 11.6 Å². The van der Waals surface area contributed by atoms with Crippen molar-refractivity contribution in [1.29, 1.82) is 0 Å². The van der Waals surface area contributed by atoms with E-state index in [1.165, 1.54) is 13.3 Å². The molecule has 2 aromatic rings. The van der Waals surface area contributed by atoms with Crippen LogP contribution in [0.15, 0.2) is 35.4 Å². The van der Waals surface area contributed by atoms with Gasteiger partial charge in [-0.15, -0.1) is 11.6 Å². The lowest BCUT2D eigenvalue weighted by Gasteiger charge is -2.18. The lowest BCUT2D eigenvalue weighted by molar-refractivity contribution is -0.120. The Morgan fingerprint density at radius 1 is 1.21 bits per heavy atom. The number of hydrogen-bond donors (Lipinski definition) is 1. The van der Waals surface area contributed by atoms with Gasteiger partial charge in [0.25, 0.3) is 0 Å². The molecule has 7 nitrogen and oxygen atoms in total. The number of carbonyl (C=O) groups is 1. The number of methoxy groups -OCH3 is 2. The molecule has 0 aromatic heterocycles. The third kappa shape index (κ3) is 4.74. The first-order valence-corrected chi connectivity index (χ1v) is 9.55. The number of alkyl halides is 1. The highest BCUT2D eigenvalue weighted by Gasteiger charge is 2.31. The van der Waals surface area contributed by atoms with Crippen LogP contribution in [0.3, 0.4) is 0 Å². The number of ether oxygens (including phenoxy) is 4. The monoisotopic (exact) mass is 418 g/mol. The molecule has 1 N–H and O–H groups in total. The Labute approximate surface area is 174 Å². The molecule has 3 rings (SSSR count). The molecule has 0 radical (unpaired) electrons. The zero-order valence-corrected chi connectivity index (χ0v) is 17.3. The Kier molecular flexibility index (Phi) is 6.82. The summed E-state index contributed by atoms with van der Waals surface area (Å²) in [7, 11) is 3.08. The summed E-state index contributed by atoms with van der Waals surface area (Å²) in [6.45, 7) is 1.94. The number of rotatable bonds is 8. The molecule has 1 unspecified atom stereocenters. The fraction of sp³-hybridized carbons (Fsp3) is 0.333. The molecule has 0 fully saturated rings. The van der Waals surface area contributed by atoms with Crippen LogP contribution in [0.2, 0.25) is 0 Å². The molecular formula is C21H23ClN2O5. The first-order valence-electron chi connectivity index (χ1n) is 9.11. The van der Waals surface area contributed by atoms with Crippen molar-refractivity contribution in [3.8, 4) is 23.0 Å². The van der Waals surface area contributed by atoms with Gasteiger partial charge >= 0.3 is 0 Å². The number of carbonyl (C=O) groups excluding carboxylic acids is 1. The van der Waals surface area contributed by atoms with Gasteiger partial charge in [0.15, 0.2) is 11.5 Å². The van der Waals surface area contributed by atoms with Crippen LogP contribution in [-0.4, -0.2) is 38.5 Å². The SMILES string of the molecule is COc1c(/C=N/NC(=O)Cc2ccccc2)c(CC(C)Cl)c(OC)c2c1OCO2. The minimum Gasteiger partial charge on any atom is -0.492 e. The van der Waals surface area contributed by atoms with Gasteiger partial charge in [0.05, 0.1) is 26.9 Å². The molecule has 0 bridgehead atoms. The second kappa shape index (κ2) is 9.52. The highest BCUT2D eigenvalue weighted by molar-refractivity contribution is 6.20. The largest absolute Gasteiger partial charge is 0.492 e. The van der Waals surface area contributed by atoms with Gasteiger partial charge in [-0.25, -0.2) is 5.43 Å². The van der Waals surface area contributed by atoms with Crippen molar-refractivity contribution in [3.05, 3.63) is 47.0 Å². The molecule has 1 aliphatic heterocycles. The molecule has 29 heavy (non-hydrogen) atoms. The van der Waals surface area contributed by atoms with E-state index in [4.69, 9.17) is 30.5 Å². The van der Waals surface area contributed by atoms with Gasteiger partial charge in [-0.05, 0) is 18.9 Å². The molecular weight excluding hydrogens is 396 g/mol. The van der Waals surface area contributed by atoms with Crippen LogP contribution < -0.4 is 24.4 Å². The summed E-state index contributed by atoms with van der Waals surface area (Å²) in [6.07, 6.45) is 2.23. The van der Waals surface area contributed by atoms with Crippen molar-refractivity contribution in [3.63, 3.8) is 0 Å². The van der Waals surface area contributed by atoms with Crippen LogP contribution in [0.5, 0.6) is 23.0 Å². The van der Waals surface area contributed by atoms with E-state index in [0.29, 0.717) is 35.0 Å². The molecule has 2 aromatic carbocycles.